The lowest BCUT2D eigenvalue weighted by Gasteiger charge is -2.14. The molecule has 3 heteroatoms. The van der Waals surface area contributed by atoms with Gasteiger partial charge in [-0.3, -0.25) is 0 Å². The van der Waals surface area contributed by atoms with Gasteiger partial charge in [-0.05, 0) is 44.0 Å². The predicted molar refractivity (Wildman–Crippen MR) is 74.4 cm³/mol. The molecule has 2 rings (SSSR count). The molecule has 94 valence electrons. The fraction of sp³-hybridized carbons (Fsp3) is 0.643. The van der Waals surface area contributed by atoms with Crippen molar-refractivity contribution in [3.8, 4) is 0 Å². The molecule has 1 atom stereocenters. The minimum absolute atomic E-state index is 0.422. The highest BCUT2D eigenvalue weighted by molar-refractivity contribution is 7.99. The van der Waals surface area contributed by atoms with E-state index < -0.39 is 0 Å². The Hall–Kier alpha value is -0.540. The molecule has 0 bridgehead atoms. The Labute approximate surface area is 109 Å². The summed E-state index contributed by atoms with van der Waals surface area (Å²) in [5, 5.41) is 5.44. The van der Waals surface area contributed by atoms with Crippen molar-refractivity contribution in [1.82, 2.24) is 10.3 Å². The summed E-state index contributed by atoms with van der Waals surface area (Å²) < 4.78 is 0. The average molecular weight is 250 g/mol. The molecule has 0 aromatic carbocycles. The molecule has 0 saturated heterocycles. The van der Waals surface area contributed by atoms with Crippen LogP contribution in [0.4, 0.5) is 0 Å². The SMILES string of the molecule is CCNC(C)c1ccnc(SC2CCCC2)c1. The monoisotopic (exact) mass is 250 g/mol. The molecule has 1 fully saturated rings. The molecule has 1 aliphatic rings. The van der Waals surface area contributed by atoms with E-state index in [4.69, 9.17) is 0 Å². The fourth-order valence-electron chi connectivity index (χ4n) is 2.36. The van der Waals surface area contributed by atoms with Crippen LogP contribution in [0.5, 0.6) is 0 Å². The first kappa shape index (κ1) is 12.9. The number of nitrogens with zero attached hydrogens (tertiary/aromatic N) is 1. The maximum absolute atomic E-state index is 4.48. The maximum Gasteiger partial charge on any atom is 0.0965 e. The largest absolute Gasteiger partial charge is 0.310 e. The number of nitrogens with one attached hydrogen (secondary N) is 1. The summed E-state index contributed by atoms with van der Waals surface area (Å²) in [6, 6.07) is 4.79. The van der Waals surface area contributed by atoms with Crippen molar-refractivity contribution in [1.29, 1.82) is 0 Å². The highest BCUT2D eigenvalue weighted by Gasteiger charge is 2.17. The summed E-state index contributed by atoms with van der Waals surface area (Å²) in [6.07, 6.45) is 7.45. The molecule has 2 nitrogen and oxygen atoms in total. The van der Waals surface area contributed by atoms with E-state index in [1.54, 1.807) is 0 Å². The summed E-state index contributed by atoms with van der Waals surface area (Å²) in [4.78, 5) is 4.48. The van der Waals surface area contributed by atoms with Crippen molar-refractivity contribution >= 4 is 11.8 Å². The number of hydrogen-bond acceptors (Lipinski definition) is 3. The zero-order valence-electron chi connectivity index (χ0n) is 10.8. The summed E-state index contributed by atoms with van der Waals surface area (Å²) >= 11 is 1.96. The van der Waals surface area contributed by atoms with Crippen LogP contribution in [0, 0.1) is 0 Å². The van der Waals surface area contributed by atoms with E-state index in [1.165, 1.54) is 36.3 Å². The van der Waals surface area contributed by atoms with Crippen LogP contribution >= 0.6 is 11.8 Å². The van der Waals surface area contributed by atoms with E-state index in [0.29, 0.717) is 6.04 Å². The molecule has 1 N–H and O–H groups in total. The topological polar surface area (TPSA) is 24.9 Å². The molecule has 0 spiro atoms. The Morgan fingerprint density at radius 2 is 2.24 bits per heavy atom. The Bertz CT molecular complexity index is 348. The second-order valence-corrected chi connectivity index (χ2v) is 6.05. The Morgan fingerprint density at radius 3 is 2.94 bits per heavy atom. The molecular weight excluding hydrogens is 228 g/mol. The fourth-order valence-corrected chi connectivity index (χ4v) is 3.60. The third kappa shape index (κ3) is 3.71. The van der Waals surface area contributed by atoms with E-state index >= 15 is 0 Å². The second-order valence-electron chi connectivity index (χ2n) is 4.73. The molecular formula is C14H22N2S. The van der Waals surface area contributed by atoms with Crippen molar-refractivity contribution in [2.75, 3.05) is 6.54 Å². The van der Waals surface area contributed by atoms with Gasteiger partial charge in [-0.25, -0.2) is 4.98 Å². The van der Waals surface area contributed by atoms with Gasteiger partial charge in [-0.2, -0.15) is 0 Å². The van der Waals surface area contributed by atoms with Crippen LogP contribution < -0.4 is 5.32 Å². The normalized spacial score (nSPS) is 18.5. The number of thioether (sulfide) groups is 1. The number of pyridine rings is 1. The summed E-state index contributed by atoms with van der Waals surface area (Å²) in [6.45, 7) is 5.36. The summed E-state index contributed by atoms with van der Waals surface area (Å²) in [5.74, 6) is 0. The molecule has 1 unspecified atom stereocenters. The van der Waals surface area contributed by atoms with Crippen molar-refractivity contribution in [3.05, 3.63) is 23.9 Å². The average Bonchev–Trinajstić information content (AvgIpc) is 2.82. The van der Waals surface area contributed by atoms with E-state index in [-0.39, 0.29) is 0 Å². The highest BCUT2D eigenvalue weighted by atomic mass is 32.2. The Balaban J connectivity index is 2.00. The van der Waals surface area contributed by atoms with Crippen LogP contribution in [-0.4, -0.2) is 16.8 Å². The van der Waals surface area contributed by atoms with Crippen molar-refractivity contribution < 1.29 is 0 Å². The van der Waals surface area contributed by atoms with Crippen LogP contribution in [0.15, 0.2) is 23.4 Å². The molecule has 1 aromatic heterocycles. The van der Waals surface area contributed by atoms with Gasteiger partial charge in [0.1, 0.15) is 0 Å². The molecule has 1 aromatic rings. The lowest BCUT2D eigenvalue weighted by molar-refractivity contribution is 0.596. The number of rotatable bonds is 5. The molecule has 17 heavy (non-hydrogen) atoms. The van der Waals surface area contributed by atoms with Crippen LogP contribution in [0.1, 0.15) is 51.1 Å². The van der Waals surface area contributed by atoms with Gasteiger partial charge in [0.15, 0.2) is 0 Å². The van der Waals surface area contributed by atoms with E-state index in [1.807, 2.05) is 18.0 Å². The summed E-state index contributed by atoms with van der Waals surface area (Å²) in [7, 11) is 0. The van der Waals surface area contributed by atoms with Crippen LogP contribution in [-0.2, 0) is 0 Å². The van der Waals surface area contributed by atoms with Crippen LogP contribution in [0.25, 0.3) is 0 Å². The standard InChI is InChI=1S/C14H22N2S/c1-3-15-11(2)12-8-9-16-14(10-12)17-13-6-4-5-7-13/h8-11,13,15H,3-7H2,1-2H3. The van der Waals surface area contributed by atoms with Gasteiger partial charge in [0, 0.05) is 17.5 Å². The first-order valence-corrected chi connectivity index (χ1v) is 7.53. The van der Waals surface area contributed by atoms with Gasteiger partial charge in [0.25, 0.3) is 0 Å². The van der Waals surface area contributed by atoms with Gasteiger partial charge in [-0.1, -0.05) is 19.8 Å². The zero-order chi connectivity index (χ0) is 12.1. The van der Waals surface area contributed by atoms with Crippen LogP contribution in [0.2, 0.25) is 0 Å². The van der Waals surface area contributed by atoms with E-state index in [0.717, 1.165) is 11.8 Å². The van der Waals surface area contributed by atoms with Gasteiger partial charge in [-0.15, -0.1) is 11.8 Å². The van der Waals surface area contributed by atoms with E-state index in [9.17, 15) is 0 Å². The van der Waals surface area contributed by atoms with Crippen molar-refractivity contribution in [2.24, 2.45) is 0 Å². The first-order chi connectivity index (χ1) is 8.29. The van der Waals surface area contributed by atoms with Gasteiger partial charge in [0.05, 0.1) is 5.03 Å². The smallest absolute Gasteiger partial charge is 0.0965 e. The zero-order valence-corrected chi connectivity index (χ0v) is 11.6. The number of aromatic nitrogens is 1. The summed E-state index contributed by atoms with van der Waals surface area (Å²) in [5.41, 5.74) is 1.35. The Kier molecular flexibility index (Phi) is 4.86. The predicted octanol–water partition coefficient (Wildman–Crippen LogP) is 3.79. The highest BCUT2D eigenvalue weighted by Crippen LogP contribution is 2.34. The molecule has 1 aliphatic carbocycles. The lowest BCUT2D eigenvalue weighted by Crippen LogP contribution is -2.17. The molecule has 0 aliphatic heterocycles. The van der Waals surface area contributed by atoms with Crippen molar-refractivity contribution in [2.45, 2.75) is 55.8 Å². The quantitative estimate of drug-likeness (QED) is 0.860. The van der Waals surface area contributed by atoms with Crippen LogP contribution in [0.3, 0.4) is 0 Å². The molecule has 1 heterocycles. The minimum atomic E-state index is 0.422. The lowest BCUT2D eigenvalue weighted by atomic mass is 10.1. The number of hydrogen-bond donors (Lipinski definition) is 1. The van der Waals surface area contributed by atoms with Gasteiger partial charge in [0.2, 0.25) is 0 Å². The molecule has 0 radical (unpaired) electrons. The van der Waals surface area contributed by atoms with Gasteiger partial charge >= 0.3 is 0 Å². The van der Waals surface area contributed by atoms with E-state index in [2.05, 4.69) is 36.3 Å². The van der Waals surface area contributed by atoms with Crippen molar-refractivity contribution in [3.63, 3.8) is 0 Å². The third-order valence-corrected chi connectivity index (χ3v) is 4.63. The molecule has 1 saturated carbocycles. The third-order valence-electron chi connectivity index (χ3n) is 3.36. The molecule has 0 amide bonds. The maximum atomic E-state index is 4.48. The first-order valence-electron chi connectivity index (χ1n) is 6.65. The minimum Gasteiger partial charge on any atom is -0.310 e. The second kappa shape index (κ2) is 6.41. The van der Waals surface area contributed by atoms with Gasteiger partial charge < -0.3 is 5.32 Å². The Morgan fingerprint density at radius 1 is 1.47 bits per heavy atom.